The number of piperazine rings is 1. The molecule has 0 atom stereocenters. The molecule has 1 aliphatic rings. The van der Waals surface area contributed by atoms with E-state index in [1.54, 1.807) is 30.5 Å². The van der Waals surface area contributed by atoms with Crippen LogP contribution in [0.4, 0.5) is 0 Å². The van der Waals surface area contributed by atoms with Crippen molar-refractivity contribution in [2.75, 3.05) is 26.2 Å². The van der Waals surface area contributed by atoms with Gasteiger partial charge in [0, 0.05) is 49.0 Å². The average molecular weight is 495 g/mol. The second kappa shape index (κ2) is 9.93. The summed E-state index contributed by atoms with van der Waals surface area (Å²) in [5, 5.41) is 0. The summed E-state index contributed by atoms with van der Waals surface area (Å²) in [5.41, 5.74) is 7.35. The number of ether oxygens (including phenoxy) is 1. The van der Waals surface area contributed by atoms with Gasteiger partial charge in [-0.15, -0.1) is 0 Å². The molecular formula is C24H23BrN4O3. The van der Waals surface area contributed by atoms with Crippen LogP contribution in [0.3, 0.4) is 0 Å². The Bertz CT molecular complexity index is 1090. The minimum atomic E-state index is -0.428. The molecule has 0 spiro atoms. The van der Waals surface area contributed by atoms with E-state index in [9.17, 15) is 9.59 Å². The van der Waals surface area contributed by atoms with Gasteiger partial charge < -0.3 is 15.4 Å². The first-order valence-electron chi connectivity index (χ1n) is 10.3. The smallest absolute Gasteiger partial charge is 0.259 e. The van der Waals surface area contributed by atoms with Crippen molar-refractivity contribution in [3.8, 4) is 11.6 Å². The molecule has 8 heteroatoms. The Hall–Kier alpha value is -3.23. The number of amides is 2. The third-order valence-electron chi connectivity index (χ3n) is 5.33. The van der Waals surface area contributed by atoms with E-state index >= 15 is 0 Å². The van der Waals surface area contributed by atoms with Gasteiger partial charge in [0.15, 0.2) is 0 Å². The first-order valence-corrected chi connectivity index (χ1v) is 11.1. The van der Waals surface area contributed by atoms with Gasteiger partial charge in [-0.05, 0) is 54.1 Å². The van der Waals surface area contributed by atoms with Crippen LogP contribution in [0.2, 0.25) is 0 Å². The predicted molar refractivity (Wildman–Crippen MR) is 125 cm³/mol. The fourth-order valence-electron chi connectivity index (χ4n) is 3.56. The van der Waals surface area contributed by atoms with Gasteiger partial charge in [-0.25, -0.2) is 4.98 Å². The lowest BCUT2D eigenvalue weighted by Crippen LogP contribution is -2.48. The zero-order chi connectivity index (χ0) is 22.5. The molecule has 2 N–H and O–H groups in total. The Labute approximate surface area is 194 Å². The van der Waals surface area contributed by atoms with E-state index in [1.165, 1.54) is 0 Å². The normalized spacial score (nSPS) is 14.2. The van der Waals surface area contributed by atoms with E-state index in [0.29, 0.717) is 35.8 Å². The molecule has 3 aromatic rings. The van der Waals surface area contributed by atoms with E-state index < -0.39 is 5.91 Å². The number of benzene rings is 2. The van der Waals surface area contributed by atoms with Crippen LogP contribution in [0.15, 0.2) is 71.3 Å². The Morgan fingerprint density at radius 1 is 0.969 bits per heavy atom. The topological polar surface area (TPSA) is 88.8 Å². The Kier molecular flexibility index (Phi) is 6.82. The van der Waals surface area contributed by atoms with Crippen molar-refractivity contribution in [2.24, 2.45) is 5.73 Å². The number of pyridine rings is 1. The van der Waals surface area contributed by atoms with Crippen LogP contribution in [0, 0.1) is 0 Å². The molecule has 1 fully saturated rings. The second-order valence-electron chi connectivity index (χ2n) is 7.54. The zero-order valence-corrected chi connectivity index (χ0v) is 19.0. The van der Waals surface area contributed by atoms with Gasteiger partial charge in [0.05, 0.1) is 0 Å². The lowest BCUT2D eigenvalue weighted by atomic mass is 10.1. The molecule has 0 bridgehead atoms. The van der Waals surface area contributed by atoms with Crippen LogP contribution in [0.5, 0.6) is 11.6 Å². The average Bonchev–Trinajstić information content (AvgIpc) is 2.81. The maximum atomic E-state index is 13.2. The third-order valence-corrected chi connectivity index (χ3v) is 5.86. The van der Waals surface area contributed by atoms with Crippen molar-refractivity contribution in [1.29, 1.82) is 0 Å². The summed E-state index contributed by atoms with van der Waals surface area (Å²) in [7, 11) is 0. The van der Waals surface area contributed by atoms with Crippen molar-refractivity contribution in [2.45, 2.75) is 6.54 Å². The maximum Gasteiger partial charge on any atom is 0.259 e. The highest BCUT2D eigenvalue weighted by atomic mass is 79.9. The van der Waals surface area contributed by atoms with Crippen LogP contribution >= 0.6 is 15.9 Å². The van der Waals surface area contributed by atoms with E-state index in [1.807, 2.05) is 41.3 Å². The molecule has 0 saturated carbocycles. The number of hydrogen-bond acceptors (Lipinski definition) is 5. The summed E-state index contributed by atoms with van der Waals surface area (Å²) >= 11 is 3.40. The number of halogens is 1. The molecule has 4 rings (SSSR count). The summed E-state index contributed by atoms with van der Waals surface area (Å²) in [6.45, 7) is 3.50. The van der Waals surface area contributed by atoms with Crippen molar-refractivity contribution < 1.29 is 14.3 Å². The highest BCUT2D eigenvalue weighted by Gasteiger charge is 2.25. The Balaban J connectivity index is 1.37. The van der Waals surface area contributed by atoms with Gasteiger partial charge in [0.1, 0.15) is 11.3 Å². The van der Waals surface area contributed by atoms with Gasteiger partial charge in [-0.3, -0.25) is 14.5 Å². The molecule has 2 heterocycles. The molecule has 32 heavy (non-hydrogen) atoms. The molecule has 1 aromatic heterocycles. The molecule has 1 saturated heterocycles. The van der Waals surface area contributed by atoms with Gasteiger partial charge in [-0.1, -0.05) is 28.1 Å². The molecule has 2 aromatic carbocycles. The van der Waals surface area contributed by atoms with Crippen LogP contribution in [0.25, 0.3) is 0 Å². The number of nitrogens with two attached hydrogens (primary N) is 1. The monoisotopic (exact) mass is 494 g/mol. The summed E-state index contributed by atoms with van der Waals surface area (Å²) < 4.78 is 6.83. The first kappa shape index (κ1) is 22.0. The fraction of sp³-hybridized carbons (Fsp3) is 0.208. The van der Waals surface area contributed by atoms with E-state index in [0.717, 1.165) is 29.7 Å². The number of nitrogens with zero attached hydrogens (tertiary/aromatic N) is 3. The second-order valence-corrected chi connectivity index (χ2v) is 8.46. The quantitative estimate of drug-likeness (QED) is 0.564. The molecule has 164 valence electrons. The number of aromatic nitrogens is 1. The number of carbonyl (C=O) groups excluding carboxylic acids is 2. The van der Waals surface area contributed by atoms with Crippen molar-refractivity contribution in [3.05, 3.63) is 88.0 Å². The fourth-order valence-corrected chi connectivity index (χ4v) is 3.83. The molecule has 1 aliphatic heterocycles. The van der Waals surface area contributed by atoms with E-state index in [2.05, 4.69) is 25.8 Å². The van der Waals surface area contributed by atoms with Crippen molar-refractivity contribution >= 4 is 27.7 Å². The highest BCUT2D eigenvalue weighted by molar-refractivity contribution is 9.10. The highest BCUT2D eigenvalue weighted by Crippen LogP contribution is 2.26. The lowest BCUT2D eigenvalue weighted by molar-refractivity contribution is 0.0625. The Morgan fingerprint density at radius 2 is 1.66 bits per heavy atom. The van der Waals surface area contributed by atoms with Crippen molar-refractivity contribution in [3.63, 3.8) is 0 Å². The lowest BCUT2D eigenvalue weighted by Gasteiger charge is -2.35. The van der Waals surface area contributed by atoms with Gasteiger partial charge in [0.2, 0.25) is 11.8 Å². The molecule has 0 aliphatic carbocycles. The number of primary amides is 1. The first-order chi connectivity index (χ1) is 15.5. The standard InChI is InChI=1S/C24H23BrN4O3/c25-19-7-9-20(10-8-19)32-23-21(2-1-11-27-23)24(31)29-14-12-28(13-15-29)16-17-3-5-18(6-4-17)22(26)30/h1-11H,12-16H2,(H2,26,30). The number of hydrogen-bond donors (Lipinski definition) is 1. The van der Waals surface area contributed by atoms with Gasteiger partial charge in [-0.2, -0.15) is 0 Å². The van der Waals surface area contributed by atoms with Crippen LogP contribution in [-0.2, 0) is 6.54 Å². The maximum absolute atomic E-state index is 13.2. The van der Waals surface area contributed by atoms with Gasteiger partial charge in [0.25, 0.3) is 5.91 Å². The van der Waals surface area contributed by atoms with E-state index in [4.69, 9.17) is 10.5 Å². The number of carbonyl (C=O) groups is 2. The van der Waals surface area contributed by atoms with Gasteiger partial charge >= 0.3 is 0 Å². The molecule has 0 radical (unpaired) electrons. The zero-order valence-electron chi connectivity index (χ0n) is 17.4. The molecular weight excluding hydrogens is 472 g/mol. The molecule has 2 amide bonds. The third kappa shape index (κ3) is 5.33. The molecule has 7 nitrogen and oxygen atoms in total. The summed E-state index contributed by atoms with van der Waals surface area (Å²) in [6, 6.07) is 18.2. The minimum absolute atomic E-state index is 0.0873. The number of rotatable bonds is 6. The summed E-state index contributed by atoms with van der Waals surface area (Å²) in [6.07, 6.45) is 1.62. The van der Waals surface area contributed by atoms with Crippen LogP contribution in [0.1, 0.15) is 26.3 Å². The van der Waals surface area contributed by atoms with Crippen LogP contribution in [-0.4, -0.2) is 52.8 Å². The Morgan fingerprint density at radius 3 is 2.31 bits per heavy atom. The van der Waals surface area contributed by atoms with Crippen LogP contribution < -0.4 is 10.5 Å². The SMILES string of the molecule is NC(=O)c1ccc(CN2CCN(C(=O)c3cccnc3Oc3ccc(Br)cc3)CC2)cc1. The summed E-state index contributed by atoms with van der Waals surface area (Å²) in [4.78, 5) is 32.8. The summed E-state index contributed by atoms with van der Waals surface area (Å²) in [5.74, 6) is 0.406. The van der Waals surface area contributed by atoms with Crippen molar-refractivity contribution in [1.82, 2.24) is 14.8 Å². The minimum Gasteiger partial charge on any atom is -0.438 e. The largest absolute Gasteiger partial charge is 0.438 e. The molecule has 0 unspecified atom stereocenters. The van der Waals surface area contributed by atoms with E-state index in [-0.39, 0.29) is 5.91 Å². The predicted octanol–water partition coefficient (Wildman–Crippen LogP) is 3.69.